The molecule has 0 aliphatic heterocycles. The molecule has 0 fully saturated rings. The molecule has 0 bridgehead atoms. The van der Waals surface area contributed by atoms with E-state index in [-0.39, 0.29) is 18.6 Å². The van der Waals surface area contributed by atoms with Crippen molar-refractivity contribution in [3.63, 3.8) is 0 Å². The van der Waals surface area contributed by atoms with Gasteiger partial charge in [-0.25, -0.2) is 4.98 Å². The second-order valence-electron chi connectivity index (χ2n) is 3.36. The van der Waals surface area contributed by atoms with Crippen LogP contribution >= 0.6 is 0 Å². The first kappa shape index (κ1) is 13.3. The summed E-state index contributed by atoms with van der Waals surface area (Å²) in [4.78, 5) is 28.3. The molecule has 2 unspecified atom stereocenters. The summed E-state index contributed by atoms with van der Waals surface area (Å²) in [6.45, 7) is 1.82. The number of carbonyl (C=O) groups excluding carboxylic acids is 1. The minimum Gasteiger partial charge on any atom is -0.466 e. The normalized spacial score (nSPS) is 14.1. The molecule has 1 aromatic rings. The molecule has 1 aromatic heterocycles. The number of aliphatic hydroxyl groups is 2. The molecule has 0 aliphatic rings. The predicted molar refractivity (Wildman–Crippen MR) is 57.1 cm³/mol. The Bertz CT molecular complexity index is 431. The minimum atomic E-state index is -1.48. The van der Waals surface area contributed by atoms with Gasteiger partial charge in [0.15, 0.2) is 0 Å². The highest BCUT2D eigenvalue weighted by Crippen LogP contribution is 2.14. The summed E-state index contributed by atoms with van der Waals surface area (Å²) in [7, 11) is 0. The molecule has 94 valence electrons. The van der Waals surface area contributed by atoms with Crippen LogP contribution in [0.25, 0.3) is 0 Å². The van der Waals surface area contributed by atoms with Crippen LogP contribution in [0.5, 0.6) is 0 Å². The van der Waals surface area contributed by atoms with Gasteiger partial charge in [0.2, 0.25) is 0 Å². The van der Waals surface area contributed by atoms with Crippen LogP contribution in [0, 0.1) is 0 Å². The summed E-state index contributed by atoms with van der Waals surface area (Å²) in [5.41, 5.74) is -0.653. The maximum absolute atomic E-state index is 11.3. The van der Waals surface area contributed by atoms with Crippen LogP contribution in [0.4, 0.5) is 0 Å². The van der Waals surface area contributed by atoms with E-state index in [1.165, 1.54) is 0 Å². The Morgan fingerprint density at radius 1 is 1.59 bits per heavy atom. The number of H-pyrrole nitrogens is 1. The van der Waals surface area contributed by atoms with Crippen LogP contribution in [-0.4, -0.2) is 38.9 Å². The van der Waals surface area contributed by atoms with E-state index in [1.807, 2.05) is 0 Å². The van der Waals surface area contributed by atoms with Crippen LogP contribution in [0.15, 0.2) is 17.3 Å². The lowest BCUT2D eigenvalue weighted by Gasteiger charge is -2.15. The first-order valence-electron chi connectivity index (χ1n) is 5.10. The highest BCUT2D eigenvalue weighted by atomic mass is 16.5. The zero-order chi connectivity index (χ0) is 12.8. The Kier molecular flexibility index (Phi) is 4.80. The number of nitrogens with zero attached hydrogens (tertiary/aromatic N) is 1. The number of aliphatic hydroxyl groups excluding tert-OH is 2. The Hall–Kier alpha value is -1.73. The topological polar surface area (TPSA) is 113 Å². The third-order valence-electron chi connectivity index (χ3n) is 2.11. The van der Waals surface area contributed by atoms with E-state index in [9.17, 15) is 19.8 Å². The second-order valence-corrected chi connectivity index (χ2v) is 3.36. The lowest BCUT2D eigenvalue weighted by Crippen LogP contribution is -2.28. The van der Waals surface area contributed by atoms with E-state index in [1.54, 1.807) is 6.92 Å². The summed E-state index contributed by atoms with van der Waals surface area (Å²) in [5, 5.41) is 19.2. The average Bonchev–Trinajstić information content (AvgIpc) is 2.29. The Labute approximate surface area is 97.1 Å². The van der Waals surface area contributed by atoms with E-state index < -0.39 is 23.7 Å². The zero-order valence-electron chi connectivity index (χ0n) is 9.29. The summed E-state index contributed by atoms with van der Waals surface area (Å²) < 4.78 is 4.62. The predicted octanol–water partition coefficient (Wildman–Crippen LogP) is -0.883. The molecular formula is C10H14N2O5. The molecule has 7 heteroatoms. The highest BCUT2D eigenvalue weighted by Gasteiger charge is 2.24. The molecule has 1 rings (SSSR count). The van der Waals surface area contributed by atoms with Crippen molar-refractivity contribution in [1.29, 1.82) is 0 Å². The maximum atomic E-state index is 11.3. The highest BCUT2D eigenvalue weighted by molar-refractivity contribution is 5.70. The second kappa shape index (κ2) is 6.12. The number of esters is 1. The van der Waals surface area contributed by atoms with Gasteiger partial charge in [-0.15, -0.1) is 0 Å². The molecule has 2 atom stereocenters. The van der Waals surface area contributed by atoms with Crippen LogP contribution in [0.3, 0.4) is 0 Å². The third kappa shape index (κ3) is 3.65. The third-order valence-corrected chi connectivity index (χ3v) is 2.11. The zero-order valence-corrected chi connectivity index (χ0v) is 9.29. The molecule has 0 amide bonds. The maximum Gasteiger partial charge on any atom is 0.308 e. The number of nitrogens with one attached hydrogen (secondary N) is 1. The van der Waals surface area contributed by atoms with Gasteiger partial charge in [0.1, 0.15) is 6.10 Å². The van der Waals surface area contributed by atoms with E-state index >= 15 is 0 Å². The Balaban J connectivity index is 2.70. The molecule has 0 spiro atoms. The van der Waals surface area contributed by atoms with Crippen molar-refractivity contribution >= 4 is 5.97 Å². The van der Waals surface area contributed by atoms with E-state index in [2.05, 4.69) is 14.7 Å². The lowest BCUT2D eigenvalue weighted by molar-refractivity contribution is -0.147. The van der Waals surface area contributed by atoms with Crippen molar-refractivity contribution in [2.24, 2.45) is 0 Å². The molecule has 3 N–H and O–H groups in total. The fourth-order valence-corrected chi connectivity index (χ4v) is 1.28. The smallest absolute Gasteiger partial charge is 0.308 e. The van der Waals surface area contributed by atoms with Gasteiger partial charge in [0.05, 0.1) is 31.0 Å². The number of ether oxygens (including phenoxy) is 1. The largest absolute Gasteiger partial charge is 0.466 e. The van der Waals surface area contributed by atoms with Crippen molar-refractivity contribution in [3.8, 4) is 0 Å². The van der Waals surface area contributed by atoms with Crippen molar-refractivity contribution in [3.05, 3.63) is 28.4 Å². The van der Waals surface area contributed by atoms with Gasteiger partial charge in [-0.3, -0.25) is 9.59 Å². The average molecular weight is 242 g/mol. The quantitative estimate of drug-likeness (QED) is 0.578. The number of hydrogen-bond donors (Lipinski definition) is 3. The van der Waals surface area contributed by atoms with Crippen molar-refractivity contribution < 1.29 is 19.7 Å². The molecule has 7 nitrogen and oxygen atoms in total. The van der Waals surface area contributed by atoms with E-state index in [0.717, 1.165) is 12.5 Å². The lowest BCUT2D eigenvalue weighted by atomic mass is 10.1. The molecule has 1 heterocycles. The van der Waals surface area contributed by atoms with Gasteiger partial charge in [-0.05, 0) is 6.92 Å². The minimum absolute atomic E-state index is 0.0932. The Morgan fingerprint density at radius 3 is 2.88 bits per heavy atom. The SMILES string of the molecule is CCOC(=O)CC(O)C(O)c1cnc[nH]c1=O. The molecule has 0 saturated heterocycles. The molecular weight excluding hydrogens is 228 g/mol. The molecule has 0 aliphatic carbocycles. The number of aromatic amines is 1. The molecule has 0 saturated carbocycles. The summed E-state index contributed by atoms with van der Waals surface area (Å²) in [5.74, 6) is -0.639. The number of hydrogen-bond acceptors (Lipinski definition) is 6. The van der Waals surface area contributed by atoms with Crippen LogP contribution in [0.2, 0.25) is 0 Å². The van der Waals surface area contributed by atoms with Gasteiger partial charge in [-0.2, -0.15) is 0 Å². The van der Waals surface area contributed by atoms with Gasteiger partial charge < -0.3 is 19.9 Å². The van der Waals surface area contributed by atoms with Gasteiger partial charge in [-0.1, -0.05) is 0 Å². The van der Waals surface area contributed by atoms with Gasteiger partial charge in [0.25, 0.3) is 5.56 Å². The molecule has 0 radical (unpaired) electrons. The first-order valence-corrected chi connectivity index (χ1v) is 5.10. The monoisotopic (exact) mass is 242 g/mol. The van der Waals surface area contributed by atoms with E-state index in [4.69, 9.17) is 0 Å². The van der Waals surface area contributed by atoms with Crippen molar-refractivity contribution in [2.45, 2.75) is 25.6 Å². The molecule has 17 heavy (non-hydrogen) atoms. The Morgan fingerprint density at radius 2 is 2.29 bits per heavy atom. The van der Waals surface area contributed by atoms with Crippen molar-refractivity contribution in [2.75, 3.05) is 6.61 Å². The standard InChI is InChI=1S/C10H14N2O5/c1-2-17-8(14)3-7(13)9(15)6-4-11-5-12-10(6)16/h4-5,7,9,13,15H,2-3H2,1H3,(H,11,12,16). The van der Waals surface area contributed by atoms with Gasteiger partial charge >= 0.3 is 5.97 Å². The summed E-state index contributed by atoms with van der Waals surface area (Å²) >= 11 is 0. The fourth-order valence-electron chi connectivity index (χ4n) is 1.28. The summed E-state index contributed by atoms with van der Waals surface area (Å²) in [6.07, 6.45) is -0.964. The van der Waals surface area contributed by atoms with Crippen LogP contribution < -0.4 is 5.56 Å². The number of rotatable bonds is 5. The fraction of sp³-hybridized carbons (Fsp3) is 0.500. The van der Waals surface area contributed by atoms with E-state index in [0.29, 0.717) is 0 Å². The number of aromatic nitrogens is 2. The first-order chi connectivity index (χ1) is 8.06. The van der Waals surface area contributed by atoms with Crippen molar-refractivity contribution in [1.82, 2.24) is 9.97 Å². The number of carbonyl (C=O) groups is 1. The van der Waals surface area contributed by atoms with Crippen LogP contribution in [-0.2, 0) is 9.53 Å². The summed E-state index contributed by atoms with van der Waals surface area (Å²) in [6, 6.07) is 0. The molecule has 0 aromatic carbocycles. The van der Waals surface area contributed by atoms with Crippen LogP contribution in [0.1, 0.15) is 25.0 Å². The van der Waals surface area contributed by atoms with Gasteiger partial charge in [0, 0.05) is 6.20 Å².